The number of rotatable bonds is 3. The second-order valence-corrected chi connectivity index (χ2v) is 6.61. The average molecular weight is 251 g/mol. The first kappa shape index (κ1) is 12.8. The lowest BCUT2D eigenvalue weighted by molar-refractivity contribution is 0.282. The second kappa shape index (κ2) is 5.32. The van der Waals surface area contributed by atoms with Crippen molar-refractivity contribution in [3.8, 4) is 0 Å². The summed E-state index contributed by atoms with van der Waals surface area (Å²) >= 11 is 2.03. The fraction of sp³-hybridized carbons (Fsp3) is 0.571. The summed E-state index contributed by atoms with van der Waals surface area (Å²) in [6, 6.07) is 8.62. The zero-order valence-corrected chi connectivity index (χ0v) is 11.4. The summed E-state index contributed by atoms with van der Waals surface area (Å²) in [4.78, 5) is 0. The predicted molar refractivity (Wildman–Crippen MR) is 75.5 cm³/mol. The van der Waals surface area contributed by atoms with Crippen LogP contribution in [0.2, 0.25) is 0 Å². The highest BCUT2D eigenvalue weighted by atomic mass is 32.2. The highest BCUT2D eigenvalue weighted by Crippen LogP contribution is 2.34. The standard InChI is InChI=1S/C14H21NOS/c1-14(2)7-13(9-17-10-14)15-12-5-3-11(8-16)4-6-12/h3-6,13,15-16H,7-10H2,1-2H3. The van der Waals surface area contributed by atoms with Crippen molar-refractivity contribution in [1.82, 2.24) is 0 Å². The van der Waals surface area contributed by atoms with Gasteiger partial charge in [-0.3, -0.25) is 0 Å². The molecule has 94 valence electrons. The number of thioether (sulfide) groups is 1. The number of aliphatic hydroxyl groups is 1. The van der Waals surface area contributed by atoms with Crippen LogP contribution in [0.5, 0.6) is 0 Å². The molecule has 1 heterocycles. The molecule has 2 nitrogen and oxygen atoms in total. The monoisotopic (exact) mass is 251 g/mol. The van der Waals surface area contributed by atoms with E-state index in [0.717, 1.165) is 11.3 Å². The van der Waals surface area contributed by atoms with Gasteiger partial charge in [-0.1, -0.05) is 26.0 Å². The van der Waals surface area contributed by atoms with Crippen molar-refractivity contribution in [3.05, 3.63) is 29.8 Å². The Hall–Kier alpha value is -0.670. The topological polar surface area (TPSA) is 32.3 Å². The van der Waals surface area contributed by atoms with Gasteiger partial charge in [-0.15, -0.1) is 0 Å². The quantitative estimate of drug-likeness (QED) is 0.865. The van der Waals surface area contributed by atoms with Crippen LogP contribution < -0.4 is 5.32 Å². The van der Waals surface area contributed by atoms with Gasteiger partial charge in [0.25, 0.3) is 0 Å². The van der Waals surface area contributed by atoms with Gasteiger partial charge in [-0.2, -0.15) is 11.8 Å². The van der Waals surface area contributed by atoms with Gasteiger partial charge >= 0.3 is 0 Å². The smallest absolute Gasteiger partial charge is 0.0681 e. The molecule has 17 heavy (non-hydrogen) atoms. The van der Waals surface area contributed by atoms with E-state index in [4.69, 9.17) is 5.11 Å². The molecule has 0 aliphatic carbocycles. The molecule has 1 atom stereocenters. The van der Waals surface area contributed by atoms with Crippen LogP contribution in [0.1, 0.15) is 25.8 Å². The maximum absolute atomic E-state index is 8.99. The Morgan fingerprint density at radius 3 is 2.65 bits per heavy atom. The highest BCUT2D eigenvalue weighted by Gasteiger charge is 2.28. The molecule has 1 aliphatic heterocycles. The molecule has 0 bridgehead atoms. The van der Waals surface area contributed by atoms with Gasteiger partial charge in [0.05, 0.1) is 6.61 Å². The molecule has 0 radical (unpaired) electrons. The molecule has 2 N–H and O–H groups in total. The third-order valence-electron chi connectivity index (χ3n) is 3.12. The van der Waals surface area contributed by atoms with Crippen LogP contribution in [0.3, 0.4) is 0 Å². The Balaban J connectivity index is 1.95. The minimum Gasteiger partial charge on any atom is -0.392 e. The normalized spacial score (nSPS) is 23.4. The number of hydrogen-bond acceptors (Lipinski definition) is 3. The Morgan fingerprint density at radius 1 is 1.35 bits per heavy atom. The van der Waals surface area contributed by atoms with Gasteiger partial charge in [-0.25, -0.2) is 0 Å². The SMILES string of the molecule is CC1(C)CSCC(Nc2ccc(CO)cc2)C1. The Morgan fingerprint density at radius 2 is 2.06 bits per heavy atom. The van der Waals surface area contributed by atoms with Crippen molar-refractivity contribution >= 4 is 17.4 Å². The van der Waals surface area contributed by atoms with E-state index in [0.29, 0.717) is 11.5 Å². The van der Waals surface area contributed by atoms with E-state index in [1.807, 2.05) is 23.9 Å². The molecule has 0 spiro atoms. The van der Waals surface area contributed by atoms with Gasteiger partial charge in [-0.05, 0) is 35.3 Å². The molecule has 1 saturated heterocycles. The van der Waals surface area contributed by atoms with Crippen molar-refractivity contribution in [2.24, 2.45) is 5.41 Å². The molecule has 0 amide bonds. The van der Waals surface area contributed by atoms with Gasteiger partial charge in [0.1, 0.15) is 0 Å². The Bertz CT molecular complexity index is 361. The molecule has 0 aromatic heterocycles. The van der Waals surface area contributed by atoms with Crippen LogP contribution in [-0.2, 0) is 6.61 Å². The molecule has 1 fully saturated rings. The van der Waals surface area contributed by atoms with Crippen molar-refractivity contribution in [3.63, 3.8) is 0 Å². The number of nitrogens with one attached hydrogen (secondary N) is 1. The molecule has 3 heteroatoms. The van der Waals surface area contributed by atoms with Crippen molar-refractivity contribution in [2.45, 2.75) is 32.9 Å². The van der Waals surface area contributed by atoms with Crippen molar-refractivity contribution in [2.75, 3.05) is 16.8 Å². The molecule has 1 unspecified atom stereocenters. The summed E-state index contributed by atoms with van der Waals surface area (Å²) in [6.07, 6.45) is 1.22. The first-order valence-electron chi connectivity index (χ1n) is 6.13. The minimum atomic E-state index is 0.118. The molecule has 2 rings (SSSR count). The highest BCUT2D eigenvalue weighted by molar-refractivity contribution is 7.99. The minimum absolute atomic E-state index is 0.118. The molecular formula is C14H21NOS. The summed E-state index contributed by atoms with van der Waals surface area (Å²) in [7, 11) is 0. The molecule has 1 aliphatic rings. The average Bonchev–Trinajstić information content (AvgIpc) is 2.29. The van der Waals surface area contributed by atoms with Crippen LogP contribution in [0.4, 0.5) is 5.69 Å². The van der Waals surface area contributed by atoms with Gasteiger partial charge in [0.15, 0.2) is 0 Å². The third-order valence-corrected chi connectivity index (χ3v) is 4.74. The van der Waals surface area contributed by atoms with Crippen LogP contribution >= 0.6 is 11.8 Å². The summed E-state index contributed by atoms with van der Waals surface area (Å²) in [5.74, 6) is 2.44. The number of hydrogen-bond donors (Lipinski definition) is 2. The molecule has 0 saturated carbocycles. The first-order valence-corrected chi connectivity index (χ1v) is 7.29. The van der Waals surface area contributed by atoms with Crippen LogP contribution in [0.15, 0.2) is 24.3 Å². The van der Waals surface area contributed by atoms with Crippen molar-refractivity contribution < 1.29 is 5.11 Å². The lowest BCUT2D eigenvalue weighted by Gasteiger charge is -2.35. The van der Waals surface area contributed by atoms with E-state index in [1.54, 1.807) is 0 Å². The number of aliphatic hydroxyl groups excluding tert-OH is 1. The van der Waals surface area contributed by atoms with E-state index < -0.39 is 0 Å². The van der Waals surface area contributed by atoms with Crippen LogP contribution in [0.25, 0.3) is 0 Å². The summed E-state index contributed by atoms with van der Waals surface area (Å²) in [6.45, 7) is 4.79. The summed E-state index contributed by atoms with van der Waals surface area (Å²) < 4.78 is 0. The van der Waals surface area contributed by atoms with Crippen molar-refractivity contribution in [1.29, 1.82) is 0 Å². The number of benzene rings is 1. The first-order chi connectivity index (χ1) is 8.09. The lowest BCUT2D eigenvalue weighted by atomic mass is 9.88. The van der Waals surface area contributed by atoms with Crippen LogP contribution in [0, 0.1) is 5.41 Å². The fourth-order valence-corrected chi connectivity index (χ4v) is 3.57. The predicted octanol–water partition coefficient (Wildman–Crippen LogP) is 3.12. The van der Waals surface area contributed by atoms with E-state index in [-0.39, 0.29) is 6.61 Å². The fourth-order valence-electron chi connectivity index (χ4n) is 2.30. The zero-order chi connectivity index (χ0) is 12.3. The zero-order valence-electron chi connectivity index (χ0n) is 10.6. The maximum Gasteiger partial charge on any atom is 0.0681 e. The van der Waals surface area contributed by atoms with Crippen LogP contribution in [-0.4, -0.2) is 22.7 Å². The molecular weight excluding hydrogens is 230 g/mol. The molecule has 1 aromatic rings. The maximum atomic E-state index is 8.99. The van der Waals surface area contributed by atoms with E-state index >= 15 is 0 Å². The van der Waals surface area contributed by atoms with E-state index in [9.17, 15) is 0 Å². The molecule has 1 aromatic carbocycles. The van der Waals surface area contributed by atoms with E-state index in [1.165, 1.54) is 17.9 Å². The van der Waals surface area contributed by atoms with Gasteiger partial charge < -0.3 is 10.4 Å². The van der Waals surface area contributed by atoms with E-state index in [2.05, 4.69) is 31.3 Å². The Labute approximate surface area is 108 Å². The lowest BCUT2D eigenvalue weighted by Crippen LogP contribution is -2.35. The largest absolute Gasteiger partial charge is 0.392 e. The second-order valence-electron chi connectivity index (χ2n) is 5.58. The summed E-state index contributed by atoms with van der Waals surface area (Å²) in [5.41, 5.74) is 2.56. The Kier molecular flexibility index (Phi) is 4.00. The number of anilines is 1. The van der Waals surface area contributed by atoms with Gasteiger partial charge in [0.2, 0.25) is 0 Å². The van der Waals surface area contributed by atoms with Gasteiger partial charge in [0, 0.05) is 17.5 Å². The third kappa shape index (κ3) is 3.65. The summed E-state index contributed by atoms with van der Waals surface area (Å²) in [5, 5.41) is 12.6.